The van der Waals surface area contributed by atoms with Crippen LogP contribution < -0.4 is 5.32 Å². The maximum Gasteiger partial charge on any atom is 0.389 e. The molecule has 1 saturated heterocycles. The molecule has 1 atom stereocenters. The lowest BCUT2D eigenvalue weighted by Crippen LogP contribution is -2.45. The number of nitrogens with zero attached hydrogens (tertiary/aromatic N) is 2. The molecule has 0 aromatic carbocycles. The van der Waals surface area contributed by atoms with Gasteiger partial charge in [0.05, 0.1) is 0 Å². The van der Waals surface area contributed by atoms with Crippen LogP contribution in [0.15, 0.2) is 22.9 Å². The Bertz CT molecular complexity index is 433. The van der Waals surface area contributed by atoms with E-state index >= 15 is 0 Å². The molecule has 1 N–H and O–H groups in total. The summed E-state index contributed by atoms with van der Waals surface area (Å²) in [5.41, 5.74) is 0.887. The van der Waals surface area contributed by atoms with Gasteiger partial charge in [-0.1, -0.05) is 0 Å². The second-order valence-corrected chi connectivity index (χ2v) is 5.68. The number of hydrogen-bond acceptors (Lipinski definition) is 3. The van der Waals surface area contributed by atoms with Crippen molar-refractivity contribution in [3.05, 3.63) is 28.5 Å². The van der Waals surface area contributed by atoms with Gasteiger partial charge in [-0.25, -0.2) is 4.98 Å². The molecular formula is C13H17BrF3N3. The minimum absolute atomic E-state index is 0.0833. The summed E-state index contributed by atoms with van der Waals surface area (Å²) in [5.74, 6) is 0. The first-order chi connectivity index (χ1) is 9.46. The van der Waals surface area contributed by atoms with E-state index in [2.05, 4.69) is 31.1 Å². The van der Waals surface area contributed by atoms with E-state index in [9.17, 15) is 13.2 Å². The molecule has 1 aliphatic heterocycles. The monoisotopic (exact) mass is 351 g/mol. The molecule has 1 fully saturated rings. The number of nitrogens with one attached hydrogen (secondary N) is 1. The van der Waals surface area contributed by atoms with E-state index in [1.165, 1.54) is 0 Å². The highest BCUT2D eigenvalue weighted by molar-refractivity contribution is 9.10. The van der Waals surface area contributed by atoms with Crippen LogP contribution in [-0.4, -0.2) is 42.2 Å². The van der Waals surface area contributed by atoms with Crippen molar-refractivity contribution in [1.29, 1.82) is 0 Å². The van der Waals surface area contributed by atoms with E-state index in [-0.39, 0.29) is 12.5 Å². The van der Waals surface area contributed by atoms with Crippen molar-refractivity contribution in [2.75, 3.05) is 26.2 Å². The second-order valence-electron chi connectivity index (χ2n) is 4.87. The number of aromatic nitrogens is 1. The van der Waals surface area contributed by atoms with Crippen LogP contribution in [0.2, 0.25) is 0 Å². The summed E-state index contributed by atoms with van der Waals surface area (Å²) in [7, 11) is 0. The lowest BCUT2D eigenvalue weighted by Gasteiger charge is -2.35. The molecule has 0 saturated carbocycles. The zero-order valence-corrected chi connectivity index (χ0v) is 12.5. The van der Waals surface area contributed by atoms with Gasteiger partial charge in [0.2, 0.25) is 0 Å². The van der Waals surface area contributed by atoms with E-state index in [0.717, 1.165) is 31.7 Å². The highest BCUT2D eigenvalue weighted by Crippen LogP contribution is 2.32. The van der Waals surface area contributed by atoms with Crippen LogP contribution in [-0.2, 0) is 0 Å². The molecule has 3 nitrogen and oxygen atoms in total. The molecule has 20 heavy (non-hydrogen) atoms. The molecule has 112 valence electrons. The fourth-order valence-electron chi connectivity index (χ4n) is 2.48. The summed E-state index contributed by atoms with van der Waals surface area (Å²) in [6.07, 6.45) is -3.17. The number of hydrogen-bond donors (Lipinski definition) is 1. The normalized spacial score (nSPS) is 19.0. The first-order valence-corrected chi connectivity index (χ1v) is 7.38. The average Bonchev–Trinajstić information content (AvgIpc) is 2.39. The van der Waals surface area contributed by atoms with Crippen molar-refractivity contribution in [1.82, 2.24) is 15.2 Å². The van der Waals surface area contributed by atoms with Crippen molar-refractivity contribution < 1.29 is 13.2 Å². The van der Waals surface area contributed by atoms with E-state index < -0.39 is 12.6 Å². The van der Waals surface area contributed by atoms with Gasteiger partial charge in [0, 0.05) is 44.8 Å². The van der Waals surface area contributed by atoms with Crippen LogP contribution in [0.25, 0.3) is 0 Å². The predicted octanol–water partition coefficient (Wildman–Crippen LogP) is 3.13. The van der Waals surface area contributed by atoms with Crippen molar-refractivity contribution in [3.63, 3.8) is 0 Å². The average molecular weight is 352 g/mol. The standard InChI is InChI=1S/C13H17BrF3N3/c14-12-9-10(2-4-19-12)11(1-3-13(15,16)17)20-7-5-18-6-8-20/h2,4,9,11,18H,1,3,5-8H2/t11-/m0/s1. The fourth-order valence-corrected chi connectivity index (χ4v) is 2.86. The highest BCUT2D eigenvalue weighted by atomic mass is 79.9. The largest absolute Gasteiger partial charge is 0.389 e. The topological polar surface area (TPSA) is 28.2 Å². The minimum atomic E-state index is -4.11. The smallest absolute Gasteiger partial charge is 0.314 e. The van der Waals surface area contributed by atoms with E-state index in [0.29, 0.717) is 4.60 Å². The van der Waals surface area contributed by atoms with Gasteiger partial charge in [0.15, 0.2) is 0 Å². The fraction of sp³-hybridized carbons (Fsp3) is 0.615. The highest BCUT2D eigenvalue weighted by Gasteiger charge is 2.31. The van der Waals surface area contributed by atoms with Gasteiger partial charge in [-0.05, 0) is 40.0 Å². The third-order valence-corrected chi connectivity index (χ3v) is 3.86. The van der Waals surface area contributed by atoms with E-state index in [4.69, 9.17) is 0 Å². The molecule has 0 amide bonds. The van der Waals surface area contributed by atoms with Crippen LogP contribution >= 0.6 is 15.9 Å². The Kier molecular flexibility index (Phi) is 5.40. The molecule has 1 aromatic heterocycles. The summed E-state index contributed by atoms with van der Waals surface area (Å²) >= 11 is 3.28. The lowest BCUT2D eigenvalue weighted by atomic mass is 10.0. The number of halogens is 4. The summed E-state index contributed by atoms with van der Waals surface area (Å²) in [6.45, 7) is 3.16. The molecule has 0 radical (unpaired) electrons. The van der Waals surface area contributed by atoms with Crippen molar-refractivity contribution in [2.45, 2.75) is 25.1 Å². The van der Waals surface area contributed by atoms with Gasteiger partial charge in [-0.2, -0.15) is 13.2 Å². The van der Waals surface area contributed by atoms with Crippen LogP contribution in [0.1, 0.15) is 24.4 Å². The first kappa shape index (κ1) is 15.7. The van der Waals surface area contributed by atoms with Gasteiger partial charge in [-0.3, -0.25) is 4.90 Å². The Morgan fingerprint density at radius 1 is 1.35 bits per heavy atom. The van der Waals surface area contributed by atoms with E-state index in [1.807, 2.05) is 6.07 Å². The zero-order valence-electron chi connectivity index (χ0n) is 11.0. The molecular weight excluding hydrogens is 335 g/mol. The predicted molar refractivity (Wildman–Crippen MR) is 74.4 cm³/mol. The molecule has 2 rings (SSSR count). The maximum atomic E-state index is 12.5. The minimum Gasteiger partial charge on any atom is -0.314 e. The van der Waals surface area contributed by atoms with Gasteiger partial charge < -0.3 is 5.32 Å². The maximum absolute atomic E-state index is 12.5. The Balaban J connectivity index is 2.14. The number of piperazine rings is 1. The van der Waals surface area contributed by atoms with E-state index in [1.54, 1.807) is 12.3 Å². The molecule has 7 heteroatoms. The number of alkyl halides is 3. The second kappa shape index (κ2) is 6.87. The van der Waals surface area contributed by atoms with Gasteiger partial charge in [0.25, 0.3) is 0 Å². The zero-order chi connectivity index (χ0) is 14.6. The Labute approximate surface area is 124 Å². The van der Waals surface area contributed by atoms with Crippen LogP contribution in [0.4, 0.5) is 13.2 Å². The SMILES string of the molecule is FC(F)(F)CC[C@@H](c1ccnc(Br)c1)N1CCNCC1. The first-order valence-electron chi connectivity index (χ1n) is 6.59. The van der Waals surface area contributed by atoms with Crippen molar-refractivity contribution in [3.8, 4) is 0 Å². The molecule has 1 aliphatic rings. The number of rotatable bonds is 4. The molecule has 2 heterocycles. The van der Waals surface area contributed by atoms with Crippen LogP contribution in [0.5, 0.6) is 0 Å². The Morgan fingerprint density at radius 3 is 2.65 bits per heavy atom. The molecule has 1 aromatic rings. The molecule has 0 spiro atoms. The quantitative estimate of drug-likeness (QED) is 0.844. The Morgan fingerprint density at radius 2 is 2.05 bits per heavy atom. The summed E-state index contributed by atoms with van der Waals surface area (Å²) < 4.78 is 38.2. The summed E-state index contributed by atoms with van der Waals surface area (Å²) in [5, 5.41) is 3.22. The van der Waals surface area contributed by atoms with Crippen LogP contribution in [0.3, 0.4) is 0 Å². The Hall–Kier alpha value is -0.660. The van der Waals surface area contributed by atoms with Crippen molar-refractivity contribution in [2.24, 2.45) is 0 Å². The number of pyridine rings is 1. The lowest BCUT2D eigenvalue weighted by molar-refractivity contribution is -0.138. The summed E-state index contributed by atoms with van der Waals surface area (Å²) in [6, 6.07) is 3.40. The van der Waals surface area contributed by atoms with Crippen molar-refractivity contribution >= 4 is 15.9 Å². The summed E-state index contributed by atoms with van der Waals surface area (Å²) in [4.78, 5) is 6.15. The van der Waals surface area contributed by atoms with Gasteiger partial charge in [0.1, 0.15) is 4.60 Å². The van der Waals surface area contributed by atoms with Crippen LogP contribution in [0, 0.1) is 0 Å². The molecule has 0 unspecified atom stereocenters. The molecule has 0 bridgehead atoms. The third-order valence-electron chi connectivity index (χ3n) is 3.43. The third kappa shape index (κ3) is 4.71. The molecule has 0 aliphatic carbocycles. The van der Waals surface area contributed by atoms with Gasteiger partial charge >= 0.3 is 6.18 Å². The van der Waals surface area contributed by atoms with Gasteiger partial charge in [-0.15, -0.1) is 0 Å².